The van der Waals surface area contributed by atoms with Gasteiger partial charge >= 0.3 is 12.1 Å². The lowest BCUT2D eigenvalue weighted by atomic mass is 10.0. The van der Waals surface area contributed by atoms with Crippen molar-refractivity contribution in [3.05, 3.63) is 0 Å². The Morgan fingerprint density at radius 2 is 1.85 bits per heavy atom. The van der Waals surface area contributed by atoms with E-state index in [1.54, 1.807) is 20.8 Å². The van der Waals surface area contributed by atoms with Gasteiger partial charge in [0.25, 0.3) is 5.92 Å². The Labute approximate surface area is 116 Å². The van der Waals surface area contributed by atoms with E-state index in [4.69, 9.17) is 4.74 Å². The molecule has 1 spiro atoms. The second-order valence-corrected chi connectivity index (χ2v) is 6.51. The molecular weight excluding hydrogens is 272 g/mol. The van der Waals surface area contributed by atoms with E-state index in [2.05, 4.69) is 4.74 Å². The van der Waals surface area contributed by atoms with Crippen LogP contribution < -0.4 is 0 Å². The average molecular weight is 291 g/mol. The summed E-state index contributed by atoms with van der Waals surface area (Å²) in [6, 6.07) is -0.997. The van der Waals surface area contributed by atoms with Crippen molar-refractivity contribution in [1.82, 2.24) is 4.90 Å². The van der Waals surface area contributed by atoms with E-state index in [9.17, 15) is 18.4 Å². The molecule has 1 aliphatic carbocycles. The van der Waals surface area contributed by atoms with E-state index < -0.39 is 35.0 Å². The molecule has 0 unspecified atom stereocenters. The molecule has 114 valence electrons. The molecule has 1 saturated heterocycles. The number of hydrogen-bond acceptors (Lipinski definition) is 4. The lowest BCUT2D eigenvalue weighted by Gasteiger charge is -2.27. The van der Waals surface area contributed by atoms with Gasteiger partial charge in [0.05, 0.1) is 12.5 Å². The molecule has 1 saturated carbocycles. The third-order valence-corrected chi connectivity index (χ3v) is 3.75. The molecule has 0 aromatic heterocycles. The van der Waals surface area contributed by atoms with Crippen LogP contribution in [0, 0.1) is 5.41 Å². The lowest BCUT2D eigenvalue weighted by Crippen LogP contribution is -2.44. The predicted octanol–water partition coefficient (Wildman–Crippen LogP) is 2.19. The number of amides is 1. The van der Waals surface area contributed by atoms with E-state index in [1.807, 2.05) is 0 Å². The second kappa shape index (κ2) is 4.30. The Hall–Kier alpha value is -1.40. The Bertz CT molecular complexity index is 446. The Morgan fingerprint density at radius 1 is 1.30 bits per heavy atom. The number of carbonyl (C=O) groups excluding carboxylic acids is 2. The van der Waals surface area contributed by atoms with Crippen molar-refractivity contribution in [2.75, 3.05) is 13.7 Å². The van der Waals surface area contributed by atoms with Crippen molar-refractivity contribution < 1.29 is 27.8 Å². The van der Waals surface area contributed by atoms with Crippen LogP contribution in [0.4, 0.5) is 13.6 Å². The Morgan fingerprint density at radius 3 is 2.25 bits per heavy atom. The third kappa shape index (κ3) is 2.45. The molecule has 2 atom stereocenters. The molecular formula is C13H19F2NO4. The van der Waals surface area contributed by atoms with Crippen LogP contribution in [0.5, 0.6) is 0 Å². The van der Waals surface area contributed by atoms with Crippen LogP contribution in [0.15, 0.2) is 0 Å². The summed E-state index contributed by atoms with van der Waals surface area (Å²) in [5.41, 5.74) is -2.04. The number of esters is 1. The van der Waals surface area contributed by atoms with Gasteiger partial charge in [0.15, 0.2) is 0 Å². The largest absolute Gasteiger partial charge is 0.467 e. The fourth-order valence-corrected chi connectivity index (χ4v) is 2.61. The normalized spacial score (nSPS) is 31.3. The molecule has 0 N–H and O–H groups in total. The van der Waals surface area contributed by atoms with Crippen molar-refractivity contribution in [2.24, 2.45) is 5.41 Å². The van der Waals surface area contributed by atoms with Crippen LogP contribution in [0.25, 0.3) is 0 Å². The molecule has 2 fully saturated rings. The smallest absolute Gasteiger partial charge is 0.411 e. The molecule has 1 aliphatic heterocycles. The van der Waals surface area contributed by atoms with Crippen LogP contribution >= 0.6 is 0 Å². The van der Waals surface area contributed by atoms with Crippen LogP contribution in [-0.2, 0) is 14.3 Å². The van der Waals surface area contributed by atoms with Gasteiger partial charge in [0.2, 0.25) is 0 Å². The first-order valence-corrected chi connectivity index (χ1v) is 6.47. The molecule has 2 aliphatic rings. The Kier molecular flexibility index (Phi) is 3.22. The highest BCUT2D eigenvalue weighted by Crippen LogP contribution is 2.66. The number of nitrogens with zero attached hydrogens (tertiary/aromatic N) is 1. The first-order valence-electron chi connectivity index (χ1n) is 6.47. The number of carbonyl (C=O) groups is 2. The van der Waals surface area contributed by atoms with Gasteiger partial charge < -0.3 is 9.47 Å². The monoisotopic (exact) mass is 291 g/mol. The van der Waals surface area contributed by atoms with Crippen LogP contribution in [0.3, 0.4) is 0 Å². The van der Waals surface area contributed by atoms with Gasteiger partial charge in [-0.3, -0.25) is 4.90 Å². The van der Waals surface area contributed by atoms with Gasteiger partial charge in [-0.05, 0) is 27.2 Å². The van der Waals surface area contributed by atoms with E-state index >= 15 is 0 Å². The van der Waals surface area contributed by atoms with Crippen LogP contribution in [0.1, 0.15) is 33.6 Å². The standard InChI is InChI=1S/C13H19F2NO4/c1-11(2,3)20-10(18)16-7-12(6-13(12,14)15)5-8(16)9(17)19-4/h8H,5-7H2,1-4H3/t8-,12-/m0/s1. The first-order chi connectivity index (χ1) is 9.01. The number of hydrogen-bond donors (Lipinski definition) is 0. The SMILES string of the molecule is COC(=O)[C@@H]1C[C@@]2(CN1C(=O)OC(C)(C)C)CC2(F)F. The number of rotatable bonds is 1. The van der Waals surface area contributed by atoms with Crippen molar-refractivity contribution in [3.8, 4) is 0 Å². The lowest BCUT2D eigenvalue weighted by molar-refractivity contribution is -0.145. The summed E-state index contributed by atoms with van der Waals surface area (Å²) >= 11 is 0. The fourth-order valence-electron chi connectivity index (χ4n) is 2.61. The van der Waals surface area contributed by atoms with Gasteiger partial charge in [0.1, 0.15) is 11.6 Å². The van der Waals surface area contributed by atoms with Gasteiger partial charge in [-0.1, -0.05) is 0 Å². The highest BCUT2D eigenvalue weighted by Gasteiger charge is 2.75. The average Bonchev–Trinajstić information content (AvgIpc) is 2.67. The van der Waals surface area contributed by atoms with Gasteiger partial charge in [0, 0.05) is 13.0 Å². The summed E-state index contributed by atoms with van der Waals surface area (Å²) in [5.74, 6) is -3.51. The quantitative estimate of drug-likeness (QED) is 0.695. The number of likely N-dealkylation sites (tertiary alicyclic amines) is 1. The van der Waals surface area contributed by atoms with Gasteiger partial charge in [-0.2, -0.15) is 0 Å². The summed E-state index contributed by atoms with van der Waals surface area (Å²) in [5, 5.41) is 0. The zero-order valence-electron chi connectivity index (χ0n) is 12.0. The van der Waals surface area contributed by atoms with E-state index in [0.29, 0.717) is 0 Å². The third-order valence-electron chi connectivity index (χ3n) is 3.75. The van der Waals surface area contributed by atoms with Crippen LogP contribution in [-0.4, -0.2) is 48.2 Å². The second-order valence-electron chi connectivity index (χ2n) is 6.51. The molecule has 0 radical (unpaired) electrons. The molecule has 2 rings (SSSR count). The fraction of sp³-hybridized carbons (Fsp3) is 0.846. The van der Waals surface area contributed by atoms with E-state index in [0.717, 1.165) is 4.90 Å². The molecule has 0 aromatic carbocycles. The Balaban J connectivity index is 2.17. The summed E-state index contributed by atoms with van der Waals surface area (Å²) in [6.45, 7) is 4.86. The number of alkyl halides is 2. The number of halogens is 2. The highest BCUT2D eigenvalue weighted by molar-refractivity contribution is 5.82. The minimum Gasteiger partial charge on any atom is -0.467 e. The summed E-state index contributed by atoms with van der Waals surface area (Å²) in [6.07, 6.45) is -1.13. The van der Waals surface area contributed by atoms with Crippen molar-refractivity contribution in [1.29, 1.82) is 0 Å². The zero-order chi connectivity index (χ0) is 15.3. The minimum atomic E-state index is -2.82. The maximum Gasteiger partial charge on any atom is 0.411 e. The molecule has 20 heavy (non-hydrogen) atoms. The minimum absolute atomic E-state index is 0.0775. The van der Waals surface area contributed by atoms with Gasteiger partial charge in [-0.15, -0.1) is 0 Å². The maximum atomic E-state index is 13.5. The van der Waals surface area contributed by atoms with E-state index in [1.165, 1.54) is 7.11 Å². The molecule has 7 heteroatoms. The molecule has 0 aromatic rings. The van der Waals surface area contributed by atoms with Crippen LogP contribution in [0.2, 0.25) is 0 Å². The molecule has 5 nitrogen and oxygen atoms in total. The number of ether oxygens (including phenoxy) is 2. The topological polar surface area (TPSA) is 55.8 Å². The maximum absolute atomic E-state index is 13.5. The summed E-state index contributed by atoms with van der Waals surface area (Å²) in [4.78, 5) is 24.8. The predicted molar refractivity (Wildman–Crippen MR) is 65.4 cm³/mol. The zero-order valence-corrected chi connectivity index (χ0v) is 12.0. The molecule has 0 bridgehead atoms. The summed E-state index contributed by atoms with van der Waals surface area (Å²) < 4.78 is 36.7. The molecule has 1 heterocycles. The first kappa shape index (κ1) is 15.0. The van der Waals surface area contributed by atoms with Crippen molar-refractivity contribution in [2.45, 2.75) is 51.2 Å². The number of methoxy groups -OCH3 is 1. The molecule has 1 amide bonds. The summed E-state index contributed by atoms with van der Waals surface area (Å²) in [7, 11) is 1.17. The van der Waals surface area contributed by atoms with Crippen molar-refractivity contribution >= 4 is 12.1 Å². The highest BCUT2D eigenvalue weighted by atomic mass is 19.3. The van der Waals surface area contributed by atoms with Crippen molar-refractivity contribution in [3.63, 3.8) is 0 Å². The van der Waals surface area contributed by atoms with E-state index in [-0.39, 0.29) is 19.4 Å². The van der Waals surface area contributed by atoms with Gasteiger partial charge in [-0.25, -0.2) is 18.4 Å².